The minimum absolute atomic E-state index is 0.0515. The number of aromatic nitrogens is 1. The van der Waals surface area contributed by atoms with E-state index in [4.69, 9.17) is 4.74 Å². The molecule has 8 heteroatoms. The Morgan fingerprint density at radius 1 is 1.26 bits per heavy atom. The molecule has 2 atom stereocenters. The number of nitrogens with one attached hydrogen (secondary N) is 2. The summed E-state index contributed by atoms with van der Waals surface area (Å²) in [5, 5.41) is 18.5. The molecule has 1 unspecified atom stereocenters. The van der Waals surface area contributed by atoms with Crippen LogP contribution >= 0.6 is 0 Å². The van der Waals surface area contributed by atoms with Gasteiger partial charge >= 0.3 is 11.8 Å². The Hall–Kier alpha value is -2.90. The van der Waals surface area contributed by atoms with E-state index in [1.54, 1.807) is 0 Å². The number of nitro groups is 1. The van der Waals surface area contributed by atoms with Crippen LogP contribution in [0.4, 0.5) is 16.2 Å². The zero-order chi connectivity index (χ0) is 23.0. The summed E-state index contributed by atoms with van der Waals surface area (Å²) < 4.78 is 5.29. The zero-order valence-electron chi connectivity index (χ0n) is 19.1. The molecule has 1 heterocycles. The molecule has 1 amide bonds. The fourth-order valence-corrected chi connectivity index (χ4v) is 3.56. The maximum atomic E-state index is 12.0. The molecule has 3 rings (SSSR count). The number of anilines is 1. The second-order valence-corrected chi connectivity index (χ2v) is 10.2. The van der Waals surface area contributed by atoms with E-state index in [1.165, 1.54) is 11.8 Å². The number of fused-ring (bicyclic) bond motifs is 1. The lowest BCUT2D eigenvalue weighted by Crippen LogP contribution is -2.40. The molecule has 2 aromatic rings. The molecule has 1 fully saturated rings. The van der Waals surface area contributed by atoms with Crippen LogP contribution in [0, 0.1) is 21.4 Å². The third-order valence-electron chi connectivity index (χ3n) is 5.46. The lowest BCUT2D eigenvalue weighted by molar-refractivity contribution is -0.384. The van der Waals surface area contributed by atoms with Gasteiger partial charge in [0, 0.05) is 18.5 Å². The summed E-state index contributed by atoms with van der Waals surface area (Å²) in [4.78, 5) is 27.5. The van der Waals surface area contributed by atoms with Crippen LogP contribution < -0.4 is 10.6 Å². The highest BCUT2D eigenvalue weighted by Crippen LogP contribution is 2.48. The lowest BCUT2D eigenvalue weighted by Gasteiger charge is -2.27. The lowest BCUT2D eigenvalue weighted by atomic mass is 9.93. The highest BCUT2D eigenvalue weighted by Gasteiger charge is 2.34. The fourth-order valence-electron chi connectivity index (χ4n) is 3.56. The Morgan fingerprint density at radius 3 is 2.52 bits per heavy atom. The molecule has 1 aliphatic carbocycles. The van der Waals surface area contributed by atoms with E-state index < -0.39 is 16.6 Å². The maximum Gasteiger partial charge on any atom is 0.407 e. The smallest absolute Gasteiger partial charge is 0.407 e. The summed E-state index contributed by atoms with van der Waals surface area (Å²) in [6.45, 7) is 12.4. The first kappa shape index (κ1) is 22.8. The van der Waals surface area contributed by atoms with E-state index in [1.807, 2.05) is 46.8 Å². The van der Waals surface area contributed by atoms with Gasteiger partial charge in [-0.3, -0.25) is 10.1 Å². The average Bonchev–Trinajstić information content (AvgIpc) is 3.39. The predicted octanol–water partition coefficient (Wildman–Crippen LogP) is 5.23. The topological polar surface area (TPSA) is 106 Å². The molecular formula is C23H32N4O4. The third kappa shape index (κ3) is 5.83. The molecule has 168 valence electrons. The average molecular weight is 429 g/mol. The number of nitrogens with zero attached hydrogens (tertiary/aromatic N) is 2. The third-order valence-corrected chi connectivity index (χ3v) is 5.46. The normalized spacial score (nSPS) is 18.5. The standard InChI is InChI=1S/C23H32N4O4/c1-14-9-16(14)15-7-8-18-17(10-15)20(19(11-24-18)27(29)30)25-12-23(5,6)13-26-21(28)31-22(2,3)4/h7-8,10-11,14,16H,9,12-13H2,1-6H3,(H,24,25)(H,26,28)/t14?,16-/m0/s1. The van der Waals surface area contributed by atoms with Gasteiger partial charge in [0.1, 0.15) is 17.5 Å². The van der Waals surface area contributed by atoms with Crippen LogP contribution in [0.2, 0.25) is 0 Å². The number of carbonyl (C=O) groups is 1. The van der Waals surface area contributed by atoms with Crippen LogP contribution in [-0.4, -0.2) is 34.7 Å². The number of amides is 1. The zero-order valence-corrected chi connectivity index (χ0v) is 19.1. The van der Waals surface area contributed by atoms with Crippen molar-refractivity contribution in [2.75, 3.05) is 18.4 Å². The van der Waals surface area contributed by atoms with Crippen LogP contribution in [0.25, 0.3) is 10.9 Å². The van der Waals surface area contributed by atoms with E-state index in [9.17, 15) is 14.9 Å². The number of ether oxygens (including phenoxy) is 1. The summed E-state index contributed by atoms with van der Waals surface area (Å²) >= 11 is 0. The van der Waals surface area contributed by atoms with Crippen molar-refractivity contribution in [2.45, 2.75) is 59.5 Å². The van der Waals surface area contributed by atoms with Crippen molar-refractivity contribution in [3.05, 3.63) is 40.1 Å². The minimum atomic E-state index is -0.570. The number of pyridine rings is 1. The number of carbonyl (C=O) groups excluding carboxylic acids is 1. The largest absolute Gasteiger partial charge is 0.444 e. The highest BCUT2D eigenvalue weighted by atomic mass is 16.6. The van der Waals surface area contributed by atoms with Gasteiger partial charge in [0.25, 0.3) is 0 Å². The van der Waals surface area contributed by atoms with Gasteiger partial charge in [0.05, 0.1) is 10.4 Å². The Labute approximate surface area is 182 Å². The summed E-state index contributed by atoms with van der Waals surface area (Å²) in [5.74, 6) is 1.14. The number of benzene rings is 1. The predicted molar refractivity (Wildman–Crippen MR) is 121 cm³/mol. The van der Waals surface area contributed by atoms with E-state index in [2.05, 4.69) is 28.6 Å². The molecule has 0 spiro atoms. The molecule has 2 N–H and O–H groups in total. The number of rotatable bonds is 7. The molecular weight excluding hydrogens is 396 g/mol. The van der Waals surface area contributed by atoms with Gasteiger partial charge in [-0.25, -0.2) is 9.78 Å². The van der Waals surface area contributed by atoms with Gasteiger partial charge in [0.2, 0.25) is 0 Å². The van der Waals surface area contributed by atoms with E-state index in [-0.39, 0.29) is 11.1 Å². The van der Waals surface area contributed by atoms with Gasteiger partial charge in [-0.15, -0.1) is 0 Å². The highest BCUT2D eigenvalue weighted by molar-refractivity contribution is 5.96. The Balaban J connectivity index is 1.79. The van der Waals surface area contributed by atoms with Crippen LogP contribution in [0.1, 0.15) is 59.4 Å². The van der Waals surface area contributed by atoms with Crippen molar-refractivity contribution in [2.24, 2.45) is 11.3 Å². The molecule has 0 aliphatic heterocycles. The minimum Gasteiger partial charge on any atom is -0.444 e. The molecule has 0 radical (unpaired) electrons. The second kappa shape index (κ2) is 8.32. The Morgan fingerprint density at radius 2 is 1.94 bits per heavy atom. The Kier molecular flexibility index (Phi) is 6.11. The summed E-state index contributed by atoms with van der Waals surface area (Å²) in [5.41, 5.74) is 1.38. The molecule has 0 bridgehead atoms. The van der Waals surface area contributed by atoms with Crippen LogP contribution in [-0.2, 0) is 4.74 Å². The van der Waals surface area contributed by atoms with Crippen LogP contribution in [0.5, 0.6) is 0 Å². The first-order chi connectivity index (χ1) is 14.4. The molecule has 31 heavy (non-hydrogen) atoms. The first-order valence-electron chi connectivity index (χ1n) is 10.6. The van der Waals surface area contributed by atoms with Crippen molar-refractivity contribution in [3.63, 3.8) is 0 Å². The fraction of sp³-hybridized carbons (Fsp3) is 0.565. The number of alkyl carbamates (subject to hydrolysis) is 1. The molecule has 8 nitrogen and oxygen atoms in total. The second-order valence-electron chi connectivity index (χ2n) is 10.2. The molecule has 1 aliphatic rings. The van der Waals surface area contributed by atoms with Crippen molar-refractivity contribution in [1.82, 2.24) is 10.3 Å². The Bertz CT molecular complexity index is 997. The van der Waals surface area contributed by atoms with Gasteiger partial charge in [-0.1, -0.05) is 26.8 Å². The molecule has 1 aromatic carbocycles. The van der Waals surface area contributed by atoms with Gasteiger partial charge in [0.15, 0.2) is 0 Å². The number of hydrogen-bond donors (Lipinski definition) is 2. The van der Waals surface area contributed by atoms with Crippen LogP contribution in [0.3, 0.4) is 0 Å². The maximum absolute atomic E-state index is 12.0. The van der Waals surface area contributed by atoms with E-state index in [0.717, 1.165) is 17.3 Å². The van der Waals surface area contributed by atoms with Crippen molar-refractivity contribution >= 4 is 28.4 Å². The monoisotopic (exact) mass is 428 g/mol. The van der Waals surface area contributed by atoms with E-state index >= 15 is 0 Å². The molecule has 1 saturated carbocycles. The van der Waals surface area contributed by atoms with Crippen LogP contribution in [0.15, 0.2) is 24.4 Å². The number of hydrogen-bond acceptors (Lipinski definition) is 6. The summed E-state index contributed by atoms with van der Waals surface area (Å²) in [6, 6.07) is 6.02. The summed E-state index contributed by atoms with van der Waals surface area (Å²) in [7, 11) is 0. The molecule has 1 aromatic heterocycles. The quantitative estimate of drug-likeness (QED) is 0.462. The van der Waals surface area contributed by atoms with Gasteiger partial charge in [-0.05, 0) is 62.1 Å². The molecule has 0 saturated heterocycles. The van der Waals surface area contributed by atoms with Crippen molar-refractivity contribution < 1.29 is 14.5 Å². The van der Waals surface area contributed by atoms with Gasteiger partial charge < -0.3 is 15.4 Å². The van der Waals surface area contributed by atoms with Crippen molar-refractivity contribution in [3.8, 4) is 0 Å². The first-order valence-corrected chi connectivity index (χ1v) is 10.6. The van der Waals surface area contributed by atoms with Gasteiger partial charge in [-0.2, -0.15) is 0 Å². The summed E-state index contributed by atoms with van der Waals surface area (Å²) in [6.07, 6.45) is 1.96. The van der Waals surface area contributed by atoms with E-state index in [0.29, 0.717) is 30.6 Å². The van der Waals surface area contributed by atoms with Crippen molar-refractivity contribution in [1.29, 1.82) is 0 Å². The SMILES string of the molecule is CC1C[C@@H]1c1ccc2ncc([N+](=O)[O-])c(NCC(C)(C)CNC(=O)OC(C)(C)C)c2c1.